The summed E-state index contributed by atoms with van der Waals surface area (Å²) in [5.74, 6) is 0.785. The molecule has 0 nitrogen and oxygen atoms in total. The van der Waals surface area contributed by atoms with E-state index >= 15 is 0 Å². The maximum Gasteiger partial charge on any atom is -0.0162 e. The monoisotopic (exact) mass is 312 g/mol. The average Bonchev–Trinajstić information content (AvgIpc) is 2.70. The van der Waals surface area contributed by atoms with Crippen LogP contribution in [0.4, 0.5) is 0 Å². The standard InChI is InChI=1S/C24H24/c1-3-7-19(8-4-1)21-11-15-23(16-12-21)24-17-13-22(14-18-24)20-9-5-2-6-10-20/h1,3-4,7-8,11-18,20H,2,5-6,9-10H2. The Morgan fingerprint density at radius 3 is 1.46 bits per heavy atom. The highest BCUT2D eigenvalue weighted by Crippen LogP contribution is 2.33. The molecule has 1 fully saturated rings. The van der Waals surface area contributed by atoms with Gasteiger partial charge in [-0.3, -0.25) is 0 Å². The largest absolute Gasteiger partial charge is 0.0622 e. The quantitative estimate of drug-likeness (QED) is 0.485. The summed E-state index contributed by atoms with van der Waals surface area (Å²) in [6.45, 7) is 0. The van der Waals surface area contributed by atoms with Crippen molar-refractivity contribution in [2.24, 2.45) is 0 Å². The van der Waals surface area contributed by atoms with Crippen molar-refractivity contribution in [3.8, 4) is 22.3 Å². The highest BCUT2D eigenvalue weighted by molar-refractivity contribution is 5.70. The molecule has 0 radical (unpaired) electrons. The predicted octanol–water partition coefficient (Wildman–Crippen LogP) is 7.07. The Labute approximate surface area is 145 Å². The lowest BCUT2D eigenvalue weighted by Gasteiger charge is -2.22. The molecular weight excluding hydrogens is 288 g/mol. The van der Waals surface area contributed by atoms with Gasteiger partial charge in [0.05, 0.1) is 0 Å². The van der Waals surface area contributed by atoms with Crippen LogP contribution in [0.15, 0.2) is 78.9 Å². The highest BCUT2D eigenvalue weighted by Gasteiger charge is 2.15. The summed E-state index contributed by atoms with van der Waals surface area (Å²) in [4.78, 5) is 0. The van der Waals surface area contributed by atoms with Gasteiger partial charge >= 0.3 is 0 Å². The minimum Gasteiger partial charge on any atom is -0.0622 e. The third-order valence-electron chi connectivity index (χ3n) is 5.31. The fraction of sp³-hybridized carbons (Fsp3) is 0.250. The molecule has 3 aromatic carbocycles. The molecular formula is C24H24. The van der Waals surface area contributed by atoms with Crippen LogP contribution in [0.5, 0.6) is 0 Å². The van der Waals surface area contributed by atoms with Crippen molar-refractivity contribution in [3.05, 3.63) is 84.4 Å². The summed E-state index contributed by atoms with van der Waals surface area (Å²) >= 11 is 0. The Hall–Kier alpha value is -2.34. The van der Waals surface area contributed by atoms with E-state index in [-0.39, 0.29) is 0 Å². The first-order chi connectivity index (χ1) is 11.9. The summed E-state index contributed by atoms with van der Waals surface area (Å²) in [5, 5.41) is 0. The second-order valence-corrected chi connectivity index (χ2v) is 6.90. The normalized spacial score (nSPS) is 15.3. The molecule has 0 spiro atoms. The van der Waals surface area contributed by atoms with Gasteiger partial charge in [0.15, 0.2) is 0 Å². The summed E-state index contributed by atoms with van der Waals surface area (Å²) in [6, 6.07) is 28.7. The van der Waals surface area contributed by atoms with Crippen molar-refractivity contribution in [2.45, 2.75) is 38.0 Å². The van der Waals surface area contributed by atoms with E-state index in [0.29, 0.717) is 0 Å². The van der Waals surface area contributed by atoms with Crippen molar-refractivity contribution < 1.29 is 0 Å². The van der Waals surface area contributed by atoms with Crippen LogP contribution in [0.1, 0.15) is 43.6 Å². The second-order valence-electron chi connectivity index (χ2n) is 6.90. The molecule has 0 saturated heterocycles. The maximum absolute atomic E-state index is 2.34. The van der Waals surface area contributed by atoms with Gasteiger partial charge in [0.25, 0.3) is 0 Å². The van der Waals surface area contributed by atoms with Crippen molar-refractivity contribution >= 4 is 0 Å². The lowest BCUT2D eigenvalue weighted by molar-refractivity contribution is 0.443. The molecule has 3 aromatic rings. The van der Waals surface area contributed by atoms with E-state index in [1.807, 2.05) is 0 Å². The van der Waals surface area contributed by atoms with Crippen LogP contribution in [0, 0.1) is 0 Å². The van der Waals surface area contributed by atoms with Crippen molar-refractivity contribution in [1.29, 1.82) is 0 Å². The zero-order chi connectivity index (χ0) is 16.2. The highest BCUT2D eigenvalue weighted by atomic mass is 14.2. The predicted molar refractivity (Wildman–Crippen MR) is 103 cm³/mol. The van der Waals surface area contributed by atoms with Gasteiger partial charge < -0.3 is 0 Å². The number of hydrogen-bond acceptors (Lipinski definition) is 0. The zero-order valence-electron chi connectivity index (χ0n) is 14.1. The molecule has 0 aromatic heterocycles. The molecule has 1 saturated carbocycles. The fourth-order valence-electron chi connectivity index (χ4n) is 3.87. The van der Waals surface area contributed by atoms with Gasteiger partial charge in [0.2, 0.25) is 0 Å². The third-order valence-corrected chi connectivity index (χ3v) is 5.31. The van der Waals surface area contributed by atoms with E-state index in [0.717, 1.165) is 5.92 Å². The zero-order valence-corrected chi connectivity index (χ0v) is 14.1. The SMILES string of the molecule is c1ccc(-c2ccc(-c3ccc(C4CCCCC4)cc3)cc2)cc1. The van der Waals surface area contributed by atoms with Crippen molar-refractivity contribution in [1.82, 2.24) is 0 Å². The van der Waals surface area contributed by atoms with Gasteiger partial charge in [-0.1, -0.05) is 98.1 Å². The summed E-state index contributed by atoms with van der Waals surface area (Å²) < 4.78 is 0. The first-order valence-electron chi connectivity index (χ1n) is 9.16. The Balaban J connectivity index is 1.53. The molecule has 1 aliphatic carbocycles. The molecule has 1 aliphatic rings. The topological polar surface area (TPSA) is 0 Å². The maximum atomic E-state index is 2.34. The van der Waals surface area contributed by atoms with Crippen LogP contribution in [0.25, 0.3) is 22.3 Å². The number of rotatable bonds is 3. The van der Waals surface area contributed by atoms with E-state index < -0.39 is 0 Å². The molecule has 4 rings (SSSR count). The van der Waals surface area contributed by atoms with Gasteiger partial charge in [-0.15, -0.1) is 0 Å². The smallest absolute Gasteiger partial charge is 0.0162 e. The van der Waals surface area contributed by atoms with Crippen LogP contribution in [-0.2, 0) is 0 Å². The molecule has 0 N–H and O–H groups in total. The summed E-state index contributed by atoms with van der Waals surface area (Å²) in [7, 11) is 0. The molecule has 0 atom stereocenters. The molecule has 24 heavy (non-hydrogen) atoms. The van der Waals surface area contributed by atoms with Crippen LogP contribution in [-0.4, -0.2) is 0 Å². The fourth-order valence-corrected chi connectivity index (χ4v) is 3.87. The van der Waals surface area contributed by atoms with Gasteiger partial charge in [-0.25, -0.2) is 0 Å². The lowest BCUT2D eigenvalue weighted by atomic mass is 9.83. The second kappa shape index (κ2) is 7.05. The summed E-state index contributed by atoms with van der Waals surface area (Å²) in [6.07, 6.45) is 6.94. The Bertz CT molecular complexity index is 761. The van der Waals surface area contributed by atoms with Crippen LogP contribution in [0.3, 0.4) is 0 Å². The lowest BCUT2D eigenvalue weighted by Crippen LogP contribution is -2.04. The van der Waals surface area contributed by atoms with Crippen molar-refractivity contribution in [3.63, 3.8) is 0 Å². The molecule has 120 valence electrons. The minimum atomic E-state index is 0.785. The van der Waals surface area contributed by atoms with E-state index in [1.54, 1.807) is 0 Å². The number of benzene rings is 3. The third kappa shape index (κ3) is 3.28. The van der Waals surface area contributed by atoms with Crippen LogP contribution < -0.4 is 0 Å². The van der Waals surface area contributed by atoms with Crippen molar-refractivity contribution in [2.75, 3.05) is 0 Å². The Morgan fingerprint density at radius 1 is 0.458 bits per heavy atom. The van der Waals surface area contributed by atoms with Gasteiger partial charge in [-0.05, 0) is 46.6 Å². The van der Waals surface area contributed by atoms with Crippen LogP contribution >= 0.6 is 0 Å². The molecule has 0 bridgehead atoms. The average molecular weight is 312 g/mol. The molecule has 0 unspecified atom stereocenters. The minimum absolute atomic E-state index is 0.785. The molecule has 0 aliphatic heterocycles. The Kier molecular flexibility index (Phi) is 4.46. The van der Waals surface area contributed by atoms with Gasteiger partial charge in [0, 0.05) is 0 Å². The van der Waals surface area contributed by atoms with E-state index in [4.69, 9.17) is 0 Å². The Morgan fingerprint density at radius 2 is 0.917 bits per heavy atom. The first-order valence-corrected chi connectivity index (χ1v) is 9.16. The van der Waals surface area contributed by atoms with E-state index in [1.165, 1.54) is 59.9 Å². The number of hydrogen-bond donors (Lipinski definition) is 0. The van der Waals surface area contributed by atoms with Crippen LogP contribution in [0.2, 0.25) is 0 Å². The van der Waals surface area contributed by atoms with E-state index in [9.17, 15) is 0 Å². The molecule has 0 heteroatoms. The molecule has 0 amide bonds. The van der Waals surface area contributed by atoms with Gasteiger partial charge in [-0.2, -0.15) is 0 Å². The molecule has 0 heterocycles. The first kappa shape index (κ1) is 15.2. The summed E-state index contributed by atoms with van der Waals surface area (Å²) in [5.41, 5.74) is 6.69. The van der Waals surface area contributed by atoms with E-state index in [2.05, 4.69) is 78.9 Å². The van der Waals surface area contributed by atoms with Gasteiger partial charge in [0.1, 0.15) is 0 Å².